The second-order valence-electron chi connectivity index (χ2n) is 6.69. The predicted molar refractivity (Wildman–Crippen MR) is 89.4 cm³/mol. The van der Waals surface area contributed by atoms with Crippen LogP contribution in [-0.2, 0) is 19.7 Å². The van der Waals surface area contributed by atoms with Gasteiger partial charge < -0.3 is 15.4 Å². The van der Waals surface area contributed by atoms with Gasteiger partial charge >= 0.3 is 0 Å². The Hall–Kier alpha value is -1.64. The highest BCUT2D eigenvalue weighted by atomic mass is 17.6. The van der Waals surface area contributed by atoms with E-state index in [9.17, 15) is 0 Å². The Balaban J connectivity index is 2.20. The summed E-state index contributed by atoms with van der Waals surface area (Å²) < 4.78 is 5.57. The molecular weight excluding hydrogens is 312 g/mol. The van der Waals surface area contributed by atoms with Crippen molar-refractivity contribution in [2.75, 3.05) is 13.7 Å². The first-order chi connectivity index (χ1) is 11.3. The molecule has 1 unspecified atom stereocenters. The van der Waals surface area contributed by atoms with Crippen molar-refractivity contribution >= 4 is 0 Å². The van der Waals surface area contributed by atoms with Gasteiger partial charge in [0.25, 0.3) is 0 Å². The Bertz CT molecular complexity index is 576. The molecule has 7 heteroatoms. The highest BCUT2D eigenvalue weighted by Gasteiger charge is 2.29. The maximum Gasteiger partial charge on any atom is 0.126 e. The molecule has 0 saturated heterocycles. The van der Waals surface area contributed by atoms with Gasteiger partial charge in [0.05, 0.1) is 11.6 Å². The molecule has 0 spiro atoms. The minimum Gasteiger partial charge on any atom is -0.383 e. The smallest absolute Gasteiger partial charge is 0.126 e. The maximum absolute atomic E-state index is 8.28. The lowest BCUT2D eigenvalue weighted by atomic mass is 9.90. The molecule has 0 aromatic rings. The molecule has 0 saturated carbocycles. The molecule has 0 amide bonds. The zero-order chi connectivity index (χ0) is 17.8. The maximum atomic E-state index is 8.28. The number of nitrogens with one attached hydrogen (secondary N) is 2. The molecule has 2 heterocycles. The van der Waals surface area contributed by atoms with E-state index in [1.54, 1.807) is 7.11 Å². The van der Waals surface area contributed by atoms with E-state index in [1.165, 1.54) is 0 Å². The summed E-state index contributed by atoms with van der Waals surface area (Å²) in [5.74, 6) is 0. The van der Waals surface area contributed by atoms with Crippen molar-refractivity contribution in [3.8, 4) is 0 Å². The zero-order valence-corrected chi connectivity index (χ0v) is 14.8. The van der Waals surface area contributed by atoms with Crippen LogP contribution in [-0.4, -0.2) is 36.2 Å². The summed E-state index contributed by atoms with van der Waals surface area (Å²) >= 11 is 0. The Morgan fingerprint density at radius 2 is 1.92 bits per heavy atom. The third-order valence-corrected chi connectivity index (χ3v) is 4.33. The predicted octanol–water partition coefficient (Wildman–Crippen LogP) is 2.37. The Morgan fingerprint density at radius 3 is 2.58 bits per heavy atom. The van der Waals surface area contributed by atoms with E-state index in [0.29, 0.717) is 0 Å². The van der Waals surface area contributed by atoms with Gasteiger partial charge in [-0.2, -0.15) is 4.89 Å². The number of ether oxygens (including phenoxy) is 1. The van der Waals surface area contributed by atoms with Crippen LogP contribution in [0.15, 0.2) is 47.3 Å². The summed E-state index contributed by atoms with van der Waals surface area (Å²) in [6, 6.07) is -0.0423. The second-order valence-corrected chi connectivity index (χ2v) is 6.69. The van der Waals surface area contributed by atoms with Crippen LogP contribution < -0.4 is 10.6 Å². The fourth-order valence-corrected chi connectivity index (χ4v) is 2.55. The van der Waals surface area contributed by atoms with Crippen LogP contribution in [0.4, 0.5) is 0 Å². The number of dihydropyridines is 2. The van der Waals surface area contributed by atoms with Gasteiger partial charge in [0.15, 0.2) is 0 Å². The van der Waals surface area contributed by atoms with Crippen molar-refractivity contribution < 1.29 is 25.0 Å². The molecule has 0 bridgehead atoms. The van der Waals surface area contributed by atoms with Crippen molar-refractivity contribution in [3.63, 3.8) is 0 Å². The summed E-state index contributed by atoms with van der Waals surface area (Å²) in [6.07, 6.45) is 9.99. The van der Waals surface area contributed by atoms with Crippen molar-refractivity contribution in [1.82, 2.24) is 10.6 Å². The van der Waals surface area contributed by atoms with Gasteiger partial charge in [-0.25, -0.2) is 5.26 Å². The largest absolute Gasteiger partial charge is 0.383 e. The molecule has 2 aliphatic heterocycles. The lowest BCUT2D eigenvalue weighted by Crippen LogP contribution is -2.39. The van der Waals surface area contributed by atoms with E-state index < -0.39 is 5.60 Å². The van der Waals surface area contributed by atoms with Crippen LogP contribution in [0.25, 0.3) is 0 Å². The van der Waals surface area contributed by atoms with E-state index >= 15 is 0 Å². The lowest BCUT2D eigenvalue weighted by molar-refractivity contribution is -0.637. The Kier molecular flexibility index (Phi) is 5.84. The van der Waals surface area contributed by atoms with Gasteiger partial charge in [0.1, 0.15) is 5.60 Å². The van der Waals surface area contributed by atoms with E-state index in [2.05, 4.69) is 32.9 Å². The third kappa shape index (κ3) is 4.25. The molecular formula is C17H26N2O5. The van der Waals surface area contributed by atoms with Crippen LogP contribution in [0.1, 0.15) is 27.7 Å². The molecule has 0 fully saturated rings. The quantitative estimate of drug-likeness (QED) is 0.486. The van der Waals surface area contributed by atoms with Crippen molar-refractivity contribution in [2.45, 2.75) is 44.9 Å². The van der Waals surface area contributed by atoms with Crippen molar-refractivity contribution in [2.24, 2.45) is 0 Å². The highest BCUT2D eigenvalue weighted by molar-refractivity contribution is 5.41. The third-order valence-electron chi connectivity index (χ3n) is 4.33. The SMILES string of the molecule is COC(C)(C)C1=CCNC(C2C=C(C(C)(C)OOOO)C=CN2)=C1. The average molecular weight is 338 g/mol. The minimum atomic E-state index is -0.792. The molecule has 3 N–H and O–H groups in total. The van der Waals surface area contributed by atoms with Gasteiger partial charge in [0, 0.05) is 19.4 Å². The van der Waals surface area contributed by atoms with Gasteiger partial charge in [-0.15, -0.1) is 0 Å². The van der Waals surface area contributed by atoms with Gasteiger partial charge in [-0.05, 0) is 67.3 Å². The molecule has 7 nitrogen and oxygen atoms in total. The monoisotopic (exact) mass is 338 g/mol. The lowest BCUT2D eigenvalue weighted by Gasteiger charge is -2.32. The van der Waals surface area contributed by atoms with Crippen LogP contribution in [0.3, 0.4) is 0 Å². The first-order valence-electron chi connectivity index (χ1n) is 7.82. The fourth-order valence-electron chi connectivity index (χ4n) is 2.55. The Morgan fingerprint density at radius 1 is 1.17 bits per heavy atom. The summed E-state index contributed by atoms with van der Waals surface area (Å²) in [4.78, 5) is 5.06. The molecule has 0 radical (unpaired) electrons. The Labute approximate surface area is 142 Å². The number of hydrogen-bond acceptors (Lipinski definition) is 7. The summed E-state index contributed by atoms with van der Waals surface area (Å²) in [5, 5.41) is 22.7. The summed E-state index contributed by atoms with van der Waals surface area (Å²) in [7, 11) is 1.71. The van der Waals surface area contributed by atoms with E-state index in [4.69, 9.17) is 14.9 Å². The zero-order valence-electron chi connectivity index (χ0n) is 14.8. The van der Waals surface area contributed by atoms with E-state index in [-0.39, 0.29) is 11.6 Å². The molecule has 1 atom stereocenters. The van der Waals surface area contributed by atoms with Gasteiger partial charge in [-0.3, -0.25) is 0 Å². The molecule has 0 aromatic carbocycles. The first-order valence-corrected chi connectivity index (χ1v) is 7.82. The van der Waals surface area contributed by atoms with Gasteiger partial charge in [0.2, 0.25) is 0 Å². The van der Waals surface area contributed by atoms with Crippen LogP contribution in [0, 0.1) is 0 Å². The summed E-state index contributed by atoms with van der Waals surface area (Å²) in [5.41, 5.74) is 1.90. The van der Waals surface area contributed by atoms with Crippen LogP contribution in [0.5, 0.6) is 0 Å². The fraction of sp³-hybridized carbons (Fsp3) is 0.529. The van der Waals surface area contributed by atoms with E-state index in [1.807, 2.05) is 46.0 Å². The molecule has 0 aliphatic carbocycles. The van der Waals surface area contributed by atoms with Crippen LogP contribution >= 0.6 is 0 Å². The average Bonchev–Trinajstić information content (AvgIpc) is 2.60. The minimum absolute atomic E-state index is 0.0423. The first kappa shape index (κ1) is 18.7. The summed E-state index contributed by atoms with van der Waals surface area (Å²) in [6.45, 7) is 8.44. The molecule has 134 valence electrons. The van der Waals surface area contributed by atoms with E-state index in [0.717, 1.165) is 23.4 Å². The number of methoxy groups -OCH3 is 1. The second kappa shape index (κ2) is 7.50. The molecule has 2 aliphatic rings. The standard InChI is InChI=1S/C17H26N2O5/c1-16(2,21-5)12-6-8-18-14(10-12)15-11-13(7-9-19-15)17(3,4)22-24-23-20/h6-7,9-11,15,18-20H,8H2,1-5H3. The van der Waals surface area contributed by atoms with Crippen molar-refractivity contribution in [1.29, 1.82) is 0 Å². The molecule has 24 heavy (non-hydrogen) atoms. The normalized spacial score (nSPS) is 21.4. The molecule has 2 rings (SSSR count). The highest BCUT2D eigenvalue weighted by Crippen LogP contribution is 2.28. The van der Waals surface area contributed by atoms with Crippen LogP contribution in [0.2, 0.25) is 0 Å². The van der Waals surface area contributed by atoms with Gasteiger partial charge in [-0.1, -0.05) is 12.2 Å². The topological polar surface area (TPSA) is 81.2 Å². The number of rotatable bonds is 7. The van der Waals surface area contributed by atoms with Crippen molar-refractivity contribution in [3.05, 3.63) is 47.3 Å². The number of hydrogen-bond donors (Lipinski definition) is 3. The molecule has 0 aromatic heterocycles.